The van der Waals surface area contributed by atoms with Crippen LogP contribution in [0.1, 0.15) is 21.6 Å². The summed E-state index contributed by atoms with van der Waals surface area (Å²) in [4.78, 5) is 12.2. The van der Waals surface area contributed by atoms with Crippen LogP contribution in [-0.2, 0) is 6.42 Å². The molecule has 0 aliphatic heterocycles. The first-order chi connectivity index (χ1) is 13.1. The van der Waals surface area contributed by atoms with Crippen molar-refractivity contribution in [1.29, 1.82) is 0 Å². The average Bonchev–Trinajstić information content (AvgIpc) is 2.71. The first-order valence-electron chi connectivity index (χ1n) is 8.72. The molecule has 6 heteroatoms. The van der Waals surface area contributed by atoms with Gasteiger partial charge in [-0.1, -0.05) is 29.8 Å². The molecule has 0 unspecified atom stereocenters. The van der Waals surface area contributed by atoms with Crippen molar-refractivity contribution in [3.63, 3.8) is 0 Å². The van der Waals surface area contributed by atoms with Gasteiger partial charge in [0.25, 0.3) is 5.91 Å². The number of benzene rings is 2. The molecule has 3 aromatic rings. The summed E-state index contributed by atoms with van der Waals surface area (Å²) in [5.41, 5.74) is 3.34. The van der Waals surface area contributed by atoms with Gasteiger partial charge in [-0.2, -0.15) is 0 Å². The average molecular weight is 362 g/mol. The number of carbonyl (C=O) groups excluding carboxylic acids is 1. The van der Waals surface area contributed by atoms with Crippen molar-refractivity contribution >= 4 is 17.4 Å². The summed E-state index contributed by atoms with van der Waals surface area (Å²) in [5.74, 6) is 1.20. The lowest BCUT2D eigenvalue weighted by molar-refractivity contribution is 0.102. The van der Waals surface area contributed by atoms with Crippen LogP contribution in [0.3, 0.4) is 0 Å². The highest BCUT2D eigenvalue weighted by atomic mass is 16.5. The van der Waals surface area contributed by atoms with Gasteiger partial charge in [-0.05, 0) is 55.3 Å². The van der Waals surface area contributed by atoms with E-state index in [4.69, 9.17) is 4.74 Å². The Morgan fingerprint density at radius 2 is 1.70 bits per heavy atom. The van der Waals surface area contributed by atoms with E-state index in [1.165, 1.54) is 5.56 Å². The predicted molar refractivity (Wildman–Crippen MR) is 106 cm³/mol. The molecule has 0 fully saturated rings. The zero-order valence-electron chi connectivity index (χ0n) is 15.4. The number of anilines is 2. The van der Waals surface area contributed by atoms with E-state index >= 15 is 0 Å². The number of aryl methyl sites for hydroxylation is 1. The summed E-state index contributed by atoms with van der Waals surface area (Å²) in [6.45, 7) is 2.72. The number of carbonyl (C=O) groups is 1. The Kier molecular flexibility index (Phi) is 5.99. The number of methoxy groups -OCH3 is 1. The zero-order valence-corrected chi connectivity index (χ0v) is 15.4. The minimum Gasteiger partial charge on any atom is -0.497 e. The summed E-state index contributed by atoms with van der Waals surface area (Å²) in [5, 5.41) is 14.1. The second kappa shape index (κ2) is 8.80. The van der Waals surface area contributed by atoms with Gasteiger partial charge in [-0.25, -0.2) is 0 Å². The number of nitrogens with one attached hydrogen (secondary N) is 2. The lowest BCUT2D eigenvalue weighted by atomic mass is 10.1. The first-order valence-corrected chi connectivity index (χ1v) is 8.72. The Morgan fingerprint density at radius 1 is 0.963 bits per heavy atom. The van der Waals surface area contributed by atoms with Gasteiger partial charge in [0.1, 0.15) is 11.6 Å². The third-order valence-electron chi connectivity index (χ3n) is 4.09. The van der Waals surface area contributed by atoms with E-state index < -0.39 is 0 Å². The topological polar surface area (TPSA) is 76.1 Å². The van der Waals surface area contributed by atoms with Crippen LogP contribution in [-0.4, -0.2) is 29.8 Å². The molecular weight excluding hydrogens is 340 g/mol. The minimum atomic E-state index is -0.281. The lowest BCUT2D eigenvalue weighted by Gasteiger charge is -2.07. The fourth-order valence-corrected chi connectivity index (χ4v) is 2.51. The molecule has 2 N–H and O–H groups in total. The van der Waals surface area contributed by atoms with Crippen molar-refractivity contribution in [2.75, 3.05) is 24.3 Å². The first kappa shape index (κ1) is 18.4. The number of hydrogen-bond donors (Lipinski definition) is 2. The maximum atomic E-state index is 12.2. The molecule has 0 saturated carbocycles. The molecule has 0 aliphatic rings. The molecule has 0 saturated heterocycles. The Bertz CT molecular complexity index is 876. The van der Waals surface area contributed by atoms with Crippen molar-refractivity contribution < 1.29 is 9.53 Å². The molecule has 0 aliphatic carbocycles. The number of rotatable bonds is 7. The van der Waals surface area contributed by atoms with Crippen LogP contribution in [0.5, 0.6) is 5.75 Å². The molecule has 1 amide bonds. The summed E-state index contributed by atoms with van der Waals surface area (Å²) in [6, 6.07) is 19.0. The van der Waals surface area contributed by atoms with Crippen molar-refractivity contribution in [3.8, 4) is 5.75 Å². The minimum absolute atomic E-state index is 0.274. The molecular formula is C21H22N4O2. The third-order valence-corrected chi connectivity index (χ3v) is 4.09. The Balaban J connectivity index is 1.50. The highest BCUT2D eigenvalue weighted by Crippen LogP contribution is 2.13. The van der Waals surface area contributed by atoms with E-state index in [9.17, 15) is 4.79 Å². The van der Waals surface area contributed by atoms with E-state index in [1.54, 1.807) is 19.2 Å². The summed E-state index contributed by atoms with van der Waals surface area (Å²) >= 11 is 0. The number of hydrogen-bond acceptors (Lipinski definition) is 5. The van der Waals surface area contributed by atoms with Crippen molar-refractivity contribution in [1.82, 2.24) is 10.2 Å². The second-order valence-corrected chi connectivity index (χ2v) is 6.15. The highest BCUT2D eigenvalue weighted by Gasteiger charge is 2.08. The molecule has 2 aromatic carbocycles. The van der Waals surface area contributed by atoms with Gasteiger partial charge in [0.05, 0.1) is 7.11 Å². The summed E-state index contributed by atoms with van der Waals surface area (Å²) < 4.78 is 5.15. The van der Waals surface area contributed by atoms with Crippen LogP contribution < -0.4 is 15.4 Å². The number of nitrogens with zero attached hydrogens (tertiary/aromatic N) is 2. The van der Waals surface area contributed by atoms with Gasteiger partial charge < -0.3 is 15.4 Å². The lowest BCUT2D eigenvalue weighted by Crippen LogP contribution is -2.15. The Hall–Kier alpha value is -3.41. The van der Waals surface area contributed by atoms with E-state index in [-0.39, 0.29) is 11.6 Å². The van der Waals surface area contributed by atoms with Gasteiger partial charge in [0.15, 0.2) is 5.69 Å². The Labute approximate surface area is 158 Å². The van der Waals surface area contributed by atoms with Gasteiger partial charge in [0, 0.05) is 12.2 Å². The summed E-state index contributed by atoms with van der Waals surface area (Å²) in [6.07, 6.45) is 0.849. The summed E-state index contributed by atoms with van der Waals surface area (Å²) in [7, 11) is 1.65. The van der Waals surface area contributed by atoms with E-state index in [1.807, 2.05) is 55.5 Å². The fourth-order valence-electron chi connectivity index (χ4n) is 2.51. The number of aromatic nitrogens is 2. The zero-order chi connectivity index (χ0) is 19.1. The molecule has 0 atom stereocenters. The molecule has 27 heavy (non-hydrogen) atoms. The molecule has 6 nitrogen and oxygen atoms in total. The standard InChI is InChI=1S/C21H22N4O2/c1-15-3-7-17(8-4-15)23-21(26)19-11-12-20(25-24-19)22-14-13-16-5-9-18(27-2)10-6-16/h3-12H,13-14H2,1-2H3,(H,22,25)(H,23,26). The monoisotopic (exact) mass is 362 g/mol. The van der Waals surface area contributed by atoms with Gasteiger partial charge in [-0.3, -0.25) is 4.79 Å². The van der Waals surface area contributed by atoms with Crippen molar-refractivity contribution in [3.05, 3.63) is 77.5 Å². The van der Waals surface area contributed by atoms with Crippen LogP contribution in [0, 0.1) is 6.92 Å². The normalized spacial score (nSPS) is 10.3. The fraction of sp³-hybridized carbons (Fsp3) is 0.190. The third kappa shape index (κ3) is 5.28. The van der Waals surface area contributed by atoms with Gasteiger partial charge >= 0.3 is 0 Å². The van der Waals surface area contributed by atoms with Crippen LogP contribution in [0.4, 0.5) is 11.5 Å². The largest absolute Gasteiger partial charge is 0.497 e. The molecule has 1 heterocycles. The van der Waals surface area contributed by atoms with Crippen molar-refractivity contribution in [2.24, 2.45) is 0 Å². The molecule has 3 rings (SSSR count). The van der Waals surface area contributed by atoms with E-state index in [0.717, 1.165) is 30.0 Å². The predicted octanol–water partition coefficient (Wildman–Crippen LogP) is 3.70. The maximum absolute atomic E-state index is 12.2. The van der Waals surface area contributed by atoms with Crippen LogP contribution >= 0.6 is 0 Å². The molecule has 0 radical (unpaired) electrons. The highest BCUT2D eigenvalue weighted by molar-refractivity contribution is 6.02. The number of amides is 1. The molecule has 0 bridgehead atoms. The van der Waals surface area contributed by atoms with E-state index in [0.29, 0.717) is 5.82 Å². The Morgan fingerprint density at radius 3 is 2.33 bits per heavy atom. The molecule has 0 spiro atoms. The second-order valence-electron chi connectivity index (χ2n) is 6.15. The molecule has 1 aromatic heterocycles. The van der Waals surface area contributed by atoms with Crippen LogP contribution in [0.25, 0.3) is 0 Å². The van der Waals surface area contributed by atoms with Gasteiger partial charge in [0.2, 0.25) is 0 Å². The van der Waals surface area contributed by atoms with Gasteiger partial charge in [-0.15, -0.1) is 10.2 Å². The number of ether oxygens (including phenoxy) is 1. The smallest absolute Gasteiger partial charge is 0.276 e. The van der Waals surface area contributed by atoms with Crippen LogP contribution in [0.15, 0.2) is 60.7 Å². The van der Waals surface area contributed by atoms with Crippen molar-refractivity contribution in [2.45, 2.75) is 13.3 Å². The molecule has 138 valence electrons. The quantitative estimate of drug-likeness (QED) is 0.670. The van der Waals surface area contributed by atoms with Crippen LogP contribution in [0.2, 0.25) is 0 Å². The SMILES string of the molecule is COc1ccc(CCNc2ccc(C(=O)Nc3ccc(C)cc3)nn2)cc1. The maximum Gasteiger partial charge on any atom is 0.276 e. The van der Waals surface area contributed by atoms with E-state index in [2.05, 4.69) is 20.8 Å².